The van der Waals surface area contributed by atoms with Crippen LogP contribution in [0, 0.1) is 0 Å². The molecule has 0 amide bonds. The van der Waals surface area contributed by atoms with Gasteiger partial charge in [0.1, 0.15) is 16.9 Å². The first-order chi connectivity index (χ1) is 14.4. The highest BCUT2D eigenvalue weighted by Gasteiger charge is 2.33. The van der Waals surface area contributed by atoms with Gasteiger partial charge in [-0.05, 0) is 49.7 Å². The minimum Gasteiger partial charge on any atom is -0.384 e. The second kappa shape index (κ2) is 8.64. The number of rotatable bonds is 5. The summed E-state index contributed by atoms with van der Waals surface area (Å²) >= 11 is 0. The number of anilines is 1. The molecule has 2 fully saturated rings. The van der Waals surface area contributed by atoms with Crippen molar-refractivity contribution in [3.63, 3.8) is 0 Å². The van der Waals surface area contributed by atoms with Gasteiger partial charge < -0.3 is 11.1 Å². The van der Waals surface area contributed by atoms with Gasteiger partial charge in [-0.25, -0.2) is 29.4 Å². The summed E-state index contributed by atoms with van der Waals surface area (Å²) in [6.07, 6.45) is 2.29. The van der Waals surface area contributed by atoms with Gasteiger partial charge in [0, 0.05) is 22.6 Å². The highest BCUT2D eigenvalue weighted by molar-refractivity contribution is 7.91. The molecular formula is C17H24N8O3S2. The summed E-state index contributed by atoms with van der Waals surface area (Å²) < 4.78 is 38.9. The van der Waals surface area contributed by atoms with E-state index in [0.29, 0.717) is 35.3 Å². The maximum absolute atomic E-state index is 13.4. The Hall–Kier alpha value is -1.97. The number of nitrogens with zero attached hydrogens (tertiary/aromatic N) is 1. The molecule has 1 atom stereocenters. The normalized spacial score (nSPS) is 19.8. The largest absolute Gasteiger partial charge is 0.384 e. The molecule has 1 unspecified atom stereocenters. The maximum Gasteiger partial charge on any atom is 0.239 e. The Morgan fingerprint density at radius 1 is 1.07 bits per heavy atom. The Kier molecular flexibility index (Phi) is 6.13. The predicted octanol–water partition coefficient (Wildman–Crippen LogP) is -1.05. The summed E-state index contributed by atoms with van der Waals surface area (Å²) in [6.45, 7) is 1.48. The third-order valence-electron chi connectivity index (χ3n) is 5.13. The zero-order chi connectivity index (χ0) is 21.3. The first-order valence-electron chi connectivity index (χ1n) is 9.40. The lowest BCUT2D eigenvalue weighted by molar-refractivity contribution is 0.517. The monoisotopic (exact) mass is 452 g/mol. The quantitative estimate of drug-likeness (QED) is 0.296. The van der Waals surface area contributed by atoms with Gasteiger partial charge in [-0.2, -0.15) is 11.1 Å². The standard InChI is InChI=1S/C17H24N8O3S2/c18-14-4-1-10(9-21-14)12-2-3-13(29(26)11-5-7-20-8-6-11)16(30(19,27)28)15(12)17-22-24-25-23-17/h1-4,9,11,17,20,22-25H,5-8H2,(H2,18,21)(H2,19,27,28). The molecule has 0 saturated carbocycles. The number of hydrogen-bond acceptors (Lipinski definition) is 10. The van der Waals surface area contributed by atoms with Crippen LogP contribution >= 0.6 is 0 Å². The number of nitrogens with one attached hydrogen (secondary N) is 5. The number of hydrazine groups is 3. The minimum atomic E-state index is -4.21. The molecule has 13 heteroatoms. The van der Waals surface area contributed by atoms with E-state index < -0.39 is 27.0 Å². The number of sulfonamides is 1. The van der Waals surface area contributed by atoms with Crippen LogP contribution in [0.2, 0.25) is 0 Å². The van der Waals surface area contributed by atoms with Crippen LogP contribution in [0.4, 0.5) is 5.82 Å². The lowest BCUT2D eigenvalue weighted by atomic mass is 9.99. The number of nitrogen functional groups attached to an aromatic ring is 1. The van der Waals surface area contributed by atoms with Crippen LogP contribution in [0.3, 0.4) is 0 Å². The molecule has 9 N–H and O–H groups in total. The van der Waals surface area contributed by atoms with E-state index in [2.05, 4.69) is 32.2 Å². The number of piperidine rings is 1. The van der Waals surface area contributed by atoms with Crippen molar-refractivity contribution in [3.05, 3.63) is 36.0 Å². The van der Waals surface area contributed by atoms with Crippen molar-refractivity contribution in [2.75, 3.05) is 18.8 Å². The molecule has 1 aromatic heterocycles. The minimum absolute atomic E-state index is 0.149. The van der Waals surface area contributed by atoms with Gasteiger partial charge in [-0.1, -0.05) is 6.07 Å². The molecule has 0 aliphatic carbocycles. The molecule has 2 aliphatic rings. The third kappa shape index (κ3) is 4.24. The number of pyridine rings is 1. The van der Waals surface area contributed by atoms with Gasteiger partial charge in [0.15, 0.2) is 0 Å². The van der Waals surface area contributed by atoms with Crippen LogP contribution in [0.1, 0.15) is 24.6 Å². The summed E-state index contributed by atoms with van der Waals surface area (Å²) in [5, 5.41) is 8.74. The topological polar surface area (TPSA) is 176 Å². The second-order valence-corrected chi connectivity index (χ2v) is 10.3. The van der Waals surface area contributed by atoms with E-state index in [1.54, 1.807) is 30.5 Å². The number of hydrogen-bond donors (Lipinski definition) is 7. The molecule has 11 nitrogen and oxygen atoms in total. The molecular weight excluding hydrogens is 428 g/mol. The molecule has 2 saturated heterocycles. The predicted molar refractivity (Wildman–Crippen MR) is 113 cm³/mol. The summed E-state index contributed by atoms with van der Waals surface area (Å²) in [4.78, 5) is 4.17. The first-order valence-corrected chi connectivity index (χ1v) is 12.2. The summed E-state index contributed by atoms with van der Waals surface area (Å²) in [5.41, 5.74) is 18.4. The van der Waals surface area contributed by atoms with E-state index in [1.165, 1.54) is 0 Å². The average Bonchev–Trinajstić information content (AvgIpc) is 3.27. The number of primary sulfonamides is 1. The van der Waals surface area contributed by atoms with Gasteiger partial charge in [-0.3, -0.25) is 4.21 Å². The number of aromatic nitrogens is 1. The Labute approximate surface area is 176 Å². The Morgan fingerprint density at radius 3 is 2.37 bits per heavy atom. The molecule has 162 valence electrons. The smallest absolute Gasteiger partial charge is 0.239 e. The Bertz CT molecular complexity index is 1050. The number of benzene rings is 1. The van der Waals surface area contributed by atoms with Crippen molar-refractivity contribution in [1.29, 1.82) is 0 Å². The van der Waals surface area contributed by atoms with Crippen molar-refractivity contribution in [2.24, 2.45) is 5.14 Å². The van der Waals surface area contributed by atoms with Crippen molar-refractivity contribution in [3.8, 4) is 11.1 Å². The summed E-state index contributed by atoms with van der Waals surface area (Å²) in [7, 11) is -5.75. The van der Waals surface area contributed by atoms with Crippen molar-refractivity contribution in [2.45, 2.75) is 34.0 Å². The highest BCUT2D eigenvalue weighted by Crippen LogP contribution is 2.37. The van der Waals surface area contributed by atoms with E-state index in [9.17, 15) is 12.6 Å². The van der Waals surface area contributed by atoms with Crippen LogP contribution < -0.4 is 38.1 Å². The fourth-order valence-corrected chi connectivity index (χ4v) is 6.72. The van der Waals surface area contributed by atoms with E-state index in [-0.39, 0.29) is 15.0 Å². The van der Waals surface area contributed by atoms with Crippen LogP contribution in [-0.4, -0.2) is 36.0 Å². The molecule has 3 heterocycles. The van der Waals surface area contributed by atoms with Crippen LogP contribution in [0.5, 0.6) is 0 Å². The highest BCUT2D eigenvalue weighted by atomic mass is 32.2. The SMILES string of the molecule is Nc1ccc(-c2ccc(S(=O)C3CCNCC3)c(S(N)(=O)=O)c2C2NNNN2)cn1. The van der Waals surface area contributed by atoms with Crippen LogP contribution in [0.25, 0.3) is 11.1 Å². The van der Waals surface area contributed by atoms with Crippen LogP contribution in [-0.2, 0) is 20.8 Å². The average molecular weight is 453 g/mol. The molecule has 1 aromatic carbocycles. The van der Waals surface area contributed by atoms with E-state index >= 15 is 0 Å². The summed E-state index contributed by atoms with van der Waals surface area (Å²) in [5.74, 6) is 0.344. The van der Waals surface area contributed by atoms with Gasteiger partial charge in [0.25, 0.3) is 0 Å². The Balaban J connectivity index is 1.93. The molecule has 0 spiro atoms. The van der Waals surface area contributed by atoms with Gasteiger partial charge >= 0.3 is 0 Å². The lowest BCUT2D eigenvalue weighted by Gasteiger charge is -2.25. The fraction of sp³-hybridized carbons (Fsp3) is 0.353. The Morgan fingerprint density at radius 2 is 1.77 bits per heavy atom. The van der Waals surface area contributed by atoms with Crippen molar-refractivity contribution in [1.82, 2.24) is 32.2 Å². The molecule has 4 rings (SSSR count). The molecule has 2 aromatic rings. The first kappa shape index (κ1) is 21.3. The second-order valence-electron chi connectivity index (χ2n) is 7.09. The van der Waals surface area contributed by atoms with Crippen molar-refractivity contribution < 1.29 is 12.6 Å². The summed E-state index contributed by atoms with van der Waals surface area (Å²) in [6, 6.07) is 6.70. The van der Waals surface area contributed by atoms with E-state index in [1.807, 2.05) is 0 Å². The zero-order valence-electron chi connectivity index (χ0n) is 16.0. The zero-order valence-corrected chi connectivity index (χ0v) is 17.6. The van der Waals surface area contributed by atoms with E-state index in [4.69, 9.17) is 10.9 Å². The van der Waals surface area contributed by atoms with Crippen LogP contribution in [0.15, 0.2) is 40.3 Å². The molecule has 0 radical (unpaired) electrons. The van der Waals surface area contributed by atoms with Crippen molar-refractivity contribution >= 4 is 26.6 Å². The molecule has 0 bridgehead atoms. The van der Waals surface area contributed by atoms with Gasteiger partial charge in [-0.15, -0.1) is 0 Å². The van der Waals surface area contributed by atoms with Gasteiger partial charge in [0.05, 0.1) is 15.7 Å². The lowest BCUT2D eigenvalue weighted by Crippen LogP contribution is -2.34. The molecule has 30 heavy (non-hydrogen) atoms. The van der Waals surface area contributed by atoms with E-state index in [0.717, 1.165) is 13.1 Å². The van der Waals surface area contributed by atoms with Gasteiger partial charge in [0.2, 0.25) is 10.0 Å². The fourth-order valence-electron chi connectivity index (χ4n) is 3.72. The molecule has 2 aliphatic heterocycles. The third-order valence-corrected chi connectivity index (χ3v) is 8.12. The maximum atomic E-state index is 13.4. The number of nitrogens with two attached hydrogens (primary N) is 2.